The summed E-state index contributed by atoms with van der Waals surface area (Å²) >= 11 is 0. The van der Waals surface area contributed by atoms with Crippen molar-refractivity contribution in [1.29, 1.82) is 0 Å². The van der Waals surface area contributed by atoms with Crippen LogP contribution in [0.25, 0.3) is 0 Å². The number of aryl methyl sites for hydroxylation is 1. The summed E-state index contributed by atoms with van der Waals surface area (Å²) in [4.78, 5) is 11.4. The molecule has 3 nitrogen and oxygen atoms in total. The first-order chi connectivity index (χ1) is 7.81. The van der Waals surface area contributed by atoms with Crippen LogP contribution in [0.1, 0.15) is 31.4 Å². The number of hydrogen-bond donors (Lipinski definition) is 0. The molecular formula is C13H19N3. The van der Waals surface area contributed by atoms with Gasteiger partial charge in [-0.3, -0.25) is 0 Å². The monoisotopic (exact) mass is 217 g/mol. The maximum Gasteiger partial charge on any atom is 0.225 e. The maximum absolute atomic E-state index is 4.55. The lowest BCUT2D eigenvalue weighted by atomic mass is 10.3. The van der Waals surface area contributed by atoms with Crippen molar-refractivity contribution in [2.45, 2.75) is 32.6 Å². The Hall–Kier alpha value is -1.12. The van der Waals surface area contributed by atoms with E-state index in [0.29, 0.717) is 0 Å². The fourth-order valence-corrected chi connectivity index (χ4v) is 2.05. The fourth-order valence-electron chi connectivity index (χ4n) is 2.05. The molecule has 3 rings (SSSR count). The van der Waals surface area contributed by atoms with Crippen LogP contribution < -0.4 is 4.90 Å². The molecule has 16 heavy (non-hydrogen) atoms. The first-order valence-corrected chi connectivity index (χ1v) is 6.36. The highest BCUT2D eigenvalue weighted by atomic mass is 15.3. The lowest BCUT2D eigenvalue weighted by molar-refractivity contribution is 0.660. The Morgan fingerprint density at radius 2 is 1.81 bits per heavy atom. The summed E-state index contributed by atoms with van der Waals surface area (Å²) < 4.78 is 0. The Balaban J connectivity index is 1.73. The molecule has 0 unspecified atom stereocenters. The summed E-state index contributed by atoms with van der Waals surface area (Å²) in [6, 6.07) is 1.97. The fraction of sp³-hybridized carbons (Fsp3) is 0.692. The summed E-state index contributed by atoms with van der Waals surface area (Å²) in [5.74, 6) is 2.75. The molecule has 0 aromatic carbocycles. The zero-order valence-electron chi connectivity index (χ0n) is 9.89. The predicted octanol–water partition coefficient (Wildman–Crippen LogP) is 2.41. The van der Waals surface area contributed by atoms with Crippen molar-refractivity contribution >= 4 is 5.95 Å². The molecule has 0 saturated heterocycles. The van der Waals surface area contributed by atoms with Crippen LogP contribution in [0.5, 0.6) is 0 Å². The van der Waals surface area contributed by atoms with E-state index in [4.69, 9.17) is 0 Å². The first-order valence-electron chi connectivity index (χ1n) is 6.36. The van der Waals surface area contributed by atoms with E-state index >= 15 is 0 Å². The number of aromatic nitrogens is 2. The number of nitrogens with zero attached hydrogens (tertiary/aromatic N) is 3. The second-order valence-electron chi connectivity index (χ2n) is 5.29. The maximum atomic E-state index is 4.55. The Bertz CT molecular complexity index is 355. The van der Waals surface area contributed by atoms with Crippen molar-refractivity contribution in [2.24, 2.45) is 11.8 Å². The Morgan fingerprint density at radius 3 is 2.31 bits per heavy atom. The third-order valence-corrected chi connectivity index (χ3v) is 3.42. The molecule has 0 radical (unpaired) electrons. The van der Waals surface area contributed by atoms with E-state index in [-0.39, 0.29) is 0 Å². The van der Waals surface area contributed by atoms with E-state index in [1.165, 1.54) is 38.8 Å². The van der Waals surface area contributed by atoms with Crippen molar-refractivity contribution < 1.29 is 0 Å². The molecule has 86 valence electrons. The molecule has 2 saturated carbocycles. The van der Waals surface area contributed by atoms with Gasteiger partial charge < -0.3 is 4.90 Å². The Kier molecular flexibility index (Phi) is 2.54. The number of hydrogen-bond acceptors (Lipinski definition) is 3. The van der Waals surface area contributed by atoms with Crippen molar-refractivity contribution in [3.63, 3.8) is 0 Å². The molecule has 2 aliphatic carbocycles. The second kappa shape index (κ2) is 4.04. The van der Waals surface area contributed by atoms with Crippen molar-refractivity contribution in [3.05, 3.63) is 18.0 Å². The van der Waals surface area contributed by atoms with Crippen LogP contribution in [0.2, 0.25) is 0 Å². The van der Waals surface area contributed by atoms with E-state index in [1.807, 2.05) is 19.2 Å². The van der Waals surface area contributed by atoms with Crippen LogP contribution >= 0.6 is 0 Å². The standard InChI is InChI=1S/C13H19N3/c1-10-6-7-14-13(15-10)16(8-11-2-3-11)9-12-4-5-12/h6-7,11-12H,2-5,8-9H2,1H3. The van der Waals surface area contributed by atoms with Gasteiger partial charge >= 0.3 is 0 Å². The lowest BCUT2D eigenvalue weighted by Crippen LogP contribution is -2.29. The molecule has 0 bridgehead atoms. The van der Waals surface area contributed by atoms with Gasteiger partial charge in [-0.05, 0) is 50.5 Å². The van der Waals surface area contributed by atoms with Gasteiger partial charge in [-0.15, -0.1) is 0 Å². The summed E-state index contributed by atoms with van der Waals surface area (Å²) in [5, 5.41) is 0. The van der Waals surface area contributed by atoms with E-state index in [2.05, 4.69) is 14.9 Å². The average Bonchev–Trinajstić information content (AvgIpc) is 3.11. The summed E-state index contributed by atoms with van der Waals surface area (Å²) in [6.45, 7) is 4.37. The van der Waals surface area contributed by atoms with Gasteiger partial charge in [0.1, 0.15) is 0 Å². The third kappa shape index (κ3) is 2.52. The minimum atomic E-state index is 0.905. The van der Waals surface area contributed by atoms with Gasteiger partial charge in [-0.2, -0.15) is 0 Å². The lowest BCUT2D eigenvalue weighted by Gasteiger charge is -2.22. The van der Waals surface area contributed by atoms with Crippen molar-refractivity contribution in [3.8, 4) is 0 Å². The molecule has 0 amide bonds. The van der Waals surface area contributed by atoms with Crippen LogP contribution in [0.4, 0.5) is 5.95 Å². The highest BCUT2D eigenvalue weighted by Gasteiger charge is 2.30. The molecule has 0 atom stereocenters. The van der Waals surface area contributed by atoms with Crippen LogP contribution in [-0.2, 0) is 0 Å². The summed E-state index contributed by atoms with van der Waals surface area (Å²) in [7, 11) is 0. The van der Waals surface area contributed by atoms with Gasteiger partial charge in [0.25, 0.3) is 0 Å². The van der Waals surface area contributed by atoms with Gasteiger partial charge in [0.2, 0.25) is 5.95 Å². The van der Waals surface area contributed by atoms with Crippen LogP contribution in [-0.4, -0.2) is 23.1 Å². The SMILES string of the molecule is Cc1ccnc(N(CC2CC2)CC2CC2)n1. The summed E-state index contributed by atoms with van der Waals surface area (Å²) in [6.07, 6.45) is 7.46. The predicted molar refractivity (Wildman–Crippen MR) is 64.4 cm³/mol. The summed E-state index contributed by atoms with van der Waals surface area (Å²) in [5.41, 5.74) is 1.07. The Morgan fingerprint density at radius 1 is 1.19 bits per heavy atom. The molecule has 0 aliphatic heterocycles. The van der Waals surface area contributed by atoms with Gasteiger partial charge in [-0.25, -0.2) is 9.97 Å². The van der Waals surface area contributed by atoms with Crippen molar-refractivity contribution in [2.75, 3.05) is 18.0 Å². The topological polar surface area (TPSA) is 29.0 Å². The van der Waals surface area contributed by atoms with Gasteiger partial charge in [0.15, 0.2) is 0 Å². The highest BCUT2D eigenvalue weighted by Crippen LogP contribution is 2.34. The number of anilines is 1. The molecule has 1 heterocycles. The molecule has 3 heteroatoms. The molecule has 2 fully saturated rings. The van der Waals surface area contributed by atoms with Crippen LogP contribution in [0.15, 0.2) is 12.3 Å². The highest BCUT2D eigenvalue weighted by molar-refractivity contribution is 5.31. The van der Waals surface area contributed by atoms with E-state index in [9.17, 15) is 0 Å². The molecule has 0 spiro atoms. The number of rotatable bonds is 5. The van der Waals surface area contributed by atoms with Gasteiger partial charge in [0, 0.05) is 25.0 Å². The van der Waals surface area contributed by atoms with E-state index < -0.39 is 0 Å². The van der Waals surface area contributed by atoms with Crippen LogP contribution in [0.3, 0.4) is 0 Å². The zero-order valence-corrected chi connectivity index (χ0v) is 9.89. The largest absolute Gasteiger partial charge is 0.340 e. The first kappa shape index (κ1) is 10.1. The van der Waals surface area contributed by atoms with Gasteiger partial charge in [0.05, 0.1) is 0 Å². The zero-order chi connectivity index (χ0) is 11.0. The molecule has 1 aromatic heterocycles. The van der Waals surface area contributed by atoms with Crippen LogP contribution in [0, 0.1) is 18.8 Å². The smallest absolute Gasteiger partial charge is 0.225 e. The molecule has 0 N–H and O–H groups in total. The van der Waals surface area contributed by atoms with E-state index in [0.717, 1.165) is 23.5 Å². The molecule has 1 aromatic rings. The van der Waals surface area contributed by atoms with Gasteiger partial charge in [-0.1, -0.05) is 0 Å². The van der Waals surface area contributed by atoms with E-state index in [1.54, 1.807) is 0 Å². The minimum absolute atomic E-state index is 0.905. The Labute approximate surface area is 96.9 Å². The third-order valence-electron chi connectivity index (χ3n) is 3.42. The minimum Gasteiger partial charge on any atom is -0.340 e. The molecular weight excluding hydrogens is 198 g/mol. The normalized spacial score (nSPS) is 19.8. The average molecular weight is 217 g/mol. The molecule has 2 aliphatic rings. The second-order valence-corrected chi connectivity index (χ2v) is 5.29. The quantitative estimate of drug-likeness (QED) is 0.758. The van der Waals surface area contributed by atoms with Crippen molar-refractivity contribution in [1.82, 2.24) is 9.97 Å².